The molecule has 19 heavy (non-hydrogen) atoms. The van der Waals surface area contributed by atoms with E-state index in [1.807, 2.05) is 7.05 Å². The van der Waals surface area contributed by atoms with E-state index in [1.165, 1.54) is 6.42 Å². The van der Waals surface area contributed by atoms with Crippen molar-refractivity contribution in [3.05, 3.63) is 0 Å². The Morgan fingerprint density at radius 1 is 1.21 bits per heavy atom. The average molecular weight is 273 g/mol. The van der Waals surface area contributed by atoms with Crippen LogP contribution in [0.25, 0.3) is 0 Å². The molecule has 1 fully saturated rings. The number of carbonyl (C=O) groups is 1. The number of carboxylic acid groups (broad SMARTS) is 1. The minimum Gasteiger partial charge on any atom is -0.481 e. The molecule has 0 saturated heterocycles. The first-order valence-corrected chi connectivity index (χ1v) is 7.10. The first kappa shape index (κ1) is 16.4. The number of ether oxygens (including phenoxy) is 2. The summed E-state index contributed by atoms with van der Waals surface area (Å²) in [5.74, 6) is -0.700. The molecule has 0 bridgehead atoms. The Morgan fingerprint density at radius 3 is 2.47 bits per heavy atom. The Kier molecular flexibility index (Phi) is 7.34. The second-order valence-corrected chi connectivity index (χ2v) is 5.38. The maximum absolute atomic E-state index is 11.1. The van der Waals surface area contributed by atoms with Gasteiger partial charge in [-0.1, -0.05) is 19.3 Å². The third-order valence-electron chi connectivity index (χ3n) is 4.08. The minimum absolute atomic E-state index is 0.172. The van der Waals surface area contributed by atoms with Crippen LogP contribution < -0.4 is 0 Å². The van der Waals surface area contributed by atoms with Crippen molar-refractivity contribution in [2.75, 3.05) is 40.5 Å². The highest BCUT2D eigenvalue weighted by Crippen LogP contribution is 2.35. The molecule has 1 rings (SSSR count). The Balaban J connectivity index is 2.42. The van der Waals surface area contributed by atoms with Crippen molar-refractivity contribution in [1.29, 1.82) is 0 Å². The lowest BCUT2D eigenvalue weighted by Gasteiger charge is -2.44. The molecule has 1 N–H and O–H groups in total. The molecule has 0 aliphatic heterocycles. The zero-order valence-corrected chi connectivity index (χ0v) is 12.2. The van der Waals surface area contributed by atoms with E-state index in [4.69, 9.17) is 14.6 Å². The van der Waals surface area contributed by atoms with Gasteiger partial charge in [-0.2, -0.15) is 0 Å². The number of aliphatic carboxylic acids is 1. The zero-order valence-electron chi connectivity index (χ0n) is 12.2. The van der Waals surface area contributed by atoms with Crippen LogP contribution in [0.1, 0.15) is 38.5 Å². The van der Waals surface area contributed by atoms with Gasteiger partial charge in [0.25, 0.3) is 0 Å². The molecule has 0 aromatic heterocycles. The van der Waals surface area contributed by atoms with E-state index >= 15 is 0 Å². The average Bonchev–Trinajstić information content (AvgIpc) is 2.38. The molecule has 0 spiro atoms. The summed E-state index contributed by atoms with van der Waals surface area (Å²) in [6, 6.07) is 0. The molecule has 0 heterocycles. The number of methoxy groups -OCH3 is 1. The second kappa shape index (κ2) is 8.51. The van der Waals surface area contributed by atoms with Gasteiger partial charge in [-0.05, 0) is 19.9 Å². The van der Waals surface area contributed by atoms with Crippen LogP contribution in [0.2, 0.25) is 0 Å². The molecule has 5 nitrogen and oxygen atoms in total. The van der Waals surface area contributed by atoms with Crippen LogP contribution in [0.3, 0.4) is 0 Å². The van der Waals surface area contributed by atoms with E-state index in [9.17, 15) is 4.79 Å². The van der Waals surface area contributed by atoms with Crippen molar-refractivity contribution >= 4 is 5.97 Å². The highest BCUT2D eigenvalue weighted by Gasteiger charge is 2.37. The van der Waals surface area contributed by atoms with Gasteiger partial charge in [-0.25, -0.2) is 0 Å². The van der Waals surface area contributed by atoms with Gasteiger partial charge in [-0.3, -0.25) is 9.69 Å². The molecule has 1 aliphatic rings. The Labute approximate surface area is 115 Å². The molecule has 5 heteroatoms. The summed E-state index contributed by atoms with van der Waals surface area (Å²) in [5.41, 5.74) is -0.172. The molecule has 0 aromatic rings. The molecular weight excluding hydrogens is 246 g/mol. The fourth-order valence-corrected chi connectivity index (χ4v) is 2.87. The molecule has 0 amide bonds. The maximum Gasteiger partial charge on any atom is 0.305 e. The van der Waals surface area contributed by atoms with Crippen molar-refractivity contribution < 1.29 is 19.4 Å². The summed E-state index contributed by atoms with van der Waals surface area (Å²) in [4.78, 5) is 13.3. The quantitative estimate of drug-likeness (QED) is 0.649. The van der Waals surface area contributed by atoms with E-state index in [-0.39, 0.29) is 12.0 Å². The molecule has 0 unspecified atom stereocenters. The molecule has 112 valence electrons. The predicted molar refractivity (Wildman–Crippen MR) is 73.4 cm³/mol. The molecule has 0 atom stereocenters. The Hall–Kier alpha value is -0.650. The summed E-state index contributed by atoms with van der Waals surface area (Å²) in [5, 5.41) is 9.15. The molecule has 0 radical (unpaired) electrons. The van der Waals surface area contributed by atoms with E-state index in [0.717, 1.165) is 32.2 Å². The highest BCUT2D eigenvalue weighted by molar-refractivity contribution is 5.68. The lowest BCUT2D eigenvalue weighted by atomic mass is 9.78. The monoisotopic (exact) mass is 273 g/mol. The molecular formula is C14H27NO4. The first-order valence-electron chi connectivity index (χ1n) is 7.10. The summed E-state index contributed by atoms with van der Waals surface area (Å²) in [6.07, 6.45) is 5.67. The highest BCUT2D eigenvalue weighted by atomic mass is 16.5. The minimum atomic E-state index is -0.700. The van der Waals surface area contributed by atoms with Gasteiger partial charge in [-0.15, -0.1) is 0 Å². The normalized spacial score (nSPS) is 18.7. The maximum atomic E-state index is 11.1. The zero-order chi connectivity index (χ0) is 14.1. The van der Waals surface area contributed by atoms with Gasteiger partial charge in [0.2, 0.25) is 0 Å². The lowest BCUT2D eigenvalue weighted by Crippen LogP contribution is -2.50. The number of nitrogens with zero attached hydrogens (tertiary/aromatic N) is 1. The lowest BCUT2D eigenvalue weighted by molar-refractivity contribution is -0.141. The third kappa shape index (κ3) is 5.47. The number of hydrogen-bond donors (Lipinski definition) is 1. The largest absolute Gasteiger partial charge is 0.481 e. The molecule has 1 aliphatic carbocycles. The van der Waals surface area contributed by atoms with Crippen molar-refractivity contribution in [2.45, 2.75) is 44.1 Å². The van der Waals surface area contributed by atoms with Crippen molar-refractivity contribution in [3.63, 3.8) is 0 Å². The summed E-state index contributed by atoms with van der Waals surface area (Å²) in [7, 11) is 3.67. The first-order chi connectivity index (χ1) is 9.10. The van der Waals surface area contributed by atoms with Gasteiger partial charge < -0.3 is 14.6 Å². The predicted octanol–water partition coefficient (Wildman–Crippen LogP) is 1.76. The van der Waals surface area contributed by atoms with Crippen molar-refractivity contribution in [1.82, 2.24) is 4.90 Å². The van der Waals surface area contributed by atoms with Crippen LogP contribution in [0.4, 0.5) is 0 Å². The van der Waals surface area contributed by atoms with Gasteiger partial charge >= 0.3 is 5.97 Å². The fraction of sp³-hybridized carbons (Fsp3) is 0.929. The van der Waals surface area contributed by atoms with Gasteiger partial charge in [0, 0.05) is 19.2 Å². The van der Waals surface area contributed by atoms with Crippen LogP contribution in [0, 0.1) is 0 Å². The van der Waals surface area contributed by atoms with Gasteiger partial charge in [0.05, 0.1) is 26.2 Å². The Morgan fingerprint density at radius 2 is 1.89 bits per heavy atom. The van der Waals surface area contributed by atoms with E-state index in [2.05, 4.69) is 4.90 Å². The van der Waals surface area contributed by atoms with Crippen molar-refractivity contribution in [3.8, 4) is 0 Å². The number of likely N-dealkylation sites (N-methyl/N-ethyl adjacent to an activating group) is 1. The van der Waals surface area contributed by atoms with Crippen LogP contribution >= 0.6 is 0 Å². The van der Waals surface area contributed by atoms with Crippen LogP contribution in [-0.4, -0.2) is 62.0 Å². The second-order valence-electron chi connectivity index (χ2n) is 5.38. The smallest absolute Gasteiger partial charge is 0.305 e. The van der Waals surface area contributed by atoms with Crippen LogP contribution in [0.5, 0.6) is 0 Å². The third-order valence-corrected chi connectivity index (χ3v) is 4.08. The number of carboxylic acids is 1. The Bertz CT molecular complexity index is 264. The SMILES string of the molecule is COCCOCCN(C)C1(CC(=O)O)CCCCC1. The number of rotatable bonds is 9. The topological polar surface area (TPSA) is 59.0 Å². The summed E-state index contributed by atoms with van der Waals surface area (Å²) >= 11 is 0. The molecule has 0 aromatic carbocycles. The van der Waals surface area contributed by atoms with Crippen LogP contribution in [-0.2, 0) is 14.3 Å². The summed E-state index contributed by atoms with van der Waals surface area (Å²) < 4.78 is 10.4. The summed E-state index contributed by atoms with van der Waals surface area (Å²) in [6.45, 7) is 2.60. The van der Waals surface area contributed by atoms with Gasteiger partial charge in [0.1, 0.15) is 0 Å². The van der Waals surface area contributed by atoms with E-state index in [1.54, 1.807) is 7.11 Å². The molecule has 1 saturated carbocycles. The van der Waals surface area contributed by atoms with E-state index < -0.39 is 5.97 Å². The van der Waals surface area contributed by atoms with Crippen LogP contribution in [0.15, 0.2) is 0 Å². The standard InChI is InChI=1S/C14H27NO4/c1-15(8-9-19-11-10-18-2)14(12-13(16)17)6-4-3-5-7-14/h3-12H2,1-2H3,(H,16,17). The van der Waals surface area contributed by atoms with E-state index in [0.29, 0.717) is 19.8 Å². The fourth-order valence-electron chi connectivity index (χ4n) is 2.87. The van der Waals surface area contributed by atoms with Crippen molar-refractivity contribution in [2.24, 2.45) is 0 Å². The number of hydrogen-bond acceptors (Lipinski definition) is 4. The van der Waals surface area contributed by atoms with Gasteiger partial charge in [0.15, 0.2) is 0 Å².